The SMILES string of the molecule is Cc1c(N2CCCCC2)nc2ccc(Cl)cc2c1-c1ccccc1. The molecule has 2 aromatic carbocycles. The zero-order chi connectivity index (χ0) is 16.5. The van der Waals surface area contributed by atoms with E-state index in [1.54, 1.807) is 0 Å². The minimum Gasteiger partial charge on any atom is -0.356 e. The van der Waals surface area contributed by atoms with Crippen LogP contribution in [-0.4, -0.2) is 18.1 Å². The zero-order valence-corrected chi connectivity index (χ0v) is 14.7. The van der Waals surface area contributed by atoms with Crippen LogP contribution in [0.4, 0.5) is 5.82 Å². The van der Waals surface area contributed by atoms with Crippen LogP contribution in [0.1, 0.15) is 24.8 Å². The van der Waals surface area contributed by atoms with Gasteiger partial charge in [0.25, 0.3) is 0 Å². The summed E-state index contributed by atoms with van der Waals surface area (Å²) in [7, 11) is 0. The number of piperidine rings is 1. The van der Waals surface area contributed by atoms with Gasteiger partial charge in [-0.2, -0.15) is 0 Å². The van der Waals surface area contributed by atoms with Crippen LogP contribution in [0.3, 0.4) is 0 Å². The predicted molar refractivity (Wildman–Crippen MR) is 103 cm³/mol. The van der Waals surface area contributed by atoms with Gasteiger partial charge in [0.05, 0.1) is 5.52 Å². The molecule has 0 bridgehead atoms. The van der Waals surface area contributed by atoms with Crippen molar-refractivity contribution in [2.45, 2.75) is 26.2 Å². The standard InChI is InChI=1S/C21H21ClN2/c1-15-20(16-8-4-2-5-9-16)18-14-17(22)10-11-19(18)23-21(15)24-12-6-3-7-13-24/h2,4-5,8-11,14H,3,6-7,12-13H2,1H3. The first-order valence-corrected chi connectivity index (χ1v) is 9.02. The van der Waals surface area contributed by atoms with E-state index < -0.39 is 0 Å². The Morgan fingerprint density at radius 1 is 0.958 bits per heavy atom. The number of rotatable bonds is 2. The highest BCUT2D eigenvalue weighted by Crippen LogP contribution is 2.37. The van der Waals surface area contributed by atoms with Crippen LogP contribution in [0.15, 0.2) is 48.5 Å². The van der Waals surface area contributed by atoms with Crippen LogP contribution < -0.4 is 4.90 Å². The maximum atomic E-state index is 6.28. The molecule has 0 N–H and O–H groups in total. The number of pyridine rings is 1. The molecular weight excluding hydrogens is 316 g/mol. The number of hydrogen-bond acceptors (Lipinski definition) is 2. The van der Waals surface area contributed by atoms with Crippen LogP contribution in [0, 0.1) is 6.92 Å². The van der Waals surface area contributed by atoms with Gasteiger partial charge in [-0.3, -0.25) is 0 Å². The van der Waals surface area contributed by atoms with Crippen molar-refractivity contribution in [3.05, 3.63) is 59.1 Å². The molecule has 0 aliphatic carbocycles. The van der Waals surface area contributed by atoms with E-state index in [4.69, 9.17) is 16.6 Å². The first-order valence-electron chi connectivity index (χ1n) is 8.64. The highest BCUT2D eigenvalue weighted by Gasteiger charge is 2.19. The van der Waals surface area contributed by atoms with Gasteiger partial charge in [0, 0.05) is 29.1 Å². The Bertz CT molecular complexity index is 868. The first-order chi connectivity index (χ1) is 11.7. The average Bonchev–Trinajstić information content (AvgIpc) is 2.63. The van der Waals surface area contributed by atoms with Gasteiger partial charge in [-0.05, 0) is 55.5 Å². The molecule has 4 rings (SSSR count). The average molecular weight is 337 g/mol. The highest BCUT2D eigenvalue weighted by atomic mass is 35.5. The molecule has 1 fully saturated rings. The van der Waals surface area contributed by atoms with Crippen LogP contribution in [0.5, 0.6) is 0 Å². The van der Waals surface area contributed by atoms with E-state index in [0.29, 0.717) is 0 Å². The van der Waals surface area contributed by atoms with Gasteiger partial charge in [0.15, 0.2) is 0 Å². The van der Waals surface area contributed by atoms with Crippen molar-refractivity contribution in [1.82, 2.24) is 4.98 Å². The Hall–Kier alpha value is -2.06. The van der Waals surface area contributed by atoms with Gasteiger partial charge in [0.1, 0.15) is 5.82 Å². The van der Waals surface area contributed by atoms with Crippen molar-refractivity contribution in [3.8, 4) is 11.1 Å². The molecule has 0 unspecified atom stereocenters. The third kappa shape index (κ3) is 2.76. The Balaban J connectivity index is 1.99. The Kier molecular flexibility index (Phi) is 4.15. The number of anilines is 1. The molecule has 0 saturated carbocycles. The normalized spacial score (nSPS) is 15.0. The molecule has 1 saturated heterocycles. The highest BCUT2D eigenvalue weighted by molar-refractivity contribution is 6.31. The summed E-state index contributed by atoms with van der Waals surface area (Å²) in [5.74, 6) is 1.13. The van der Waals surface area contributed by atoms with E-state index in [0.717, 1.165) is 34.8 Å². The number of nitrogens with zero attached hydrogens (tertiary/aromatic N) is 2. The number of fused-ring (bicyclic) bond motifs is 1. The second kappa shape index (κ2) is 6.45. The second-order valence-electron chi connectivity index (χ2n) is 6.51. The monoisotopic (exact) mass is 336 g/mol. The van der Waals surface area contributed by atoms with E-state index in [2.05, 4.69) is 42.2 Å². The minimum atomic E-state index is 0.756. The summed E-state index contributed by atoms with van der Waals surface area (Å²) in [5, 5.41) is 1.89. The number of benzene rings is 2. The molecule has 0 amide bonds. The molecule has 3 heteroatoms. The van der Waals surface area contributed by atoms with E-state index in [-0.39, 0.29) is 0 Å². The third-order valence-corrected chi connectivity index (χ3v) is 5.12. The lowest BCUT2D eigenvalue weighted by molar-refractivity contribution is 0.573. The summed E-state index contributed by atoms with van der Waals surface area (Å²) in [6.07, 6.45) is 3.82. The van der Waals surface area contributed by atoms with E-state index in [1.165, 1.54) is 36.0 Å². The lowest BCUT2D eigenvalue weighted by atomic mass is 9.95. The molecule has 0 atom stereocenters. The Morgan fingerprint density at radius 3 is 2.46 bits per heavy atom. The van der Waals surface area contributed by atoms with Gasteiger partial charge in [-0.1, -0.05) is 41.9 Å². The maximum absolute atomic E-state index is 6.28. The third-order valence-electron chi connectivity index (χ3n) is 4.88. The van der Waals surface area contributed by atoms with Crippen LogP contribution in [0.2, 0.25) is 5.02 Å². The van der Waals surface area contributed by atoms with Gasteiger partial charge in [-0.15, -0.1) is 0 Å². The van der Waals surface area contributed by atoms with Gasteiger partial charge in [-0.25, -0.2) is 4.98 Å². The summed E-state index contributed by atoms with van der Waals surface area (Å²) in [6.45, 7) is 4.39. The summed E-state index contributed by atoms with van der Waals surface area (Å²) in [5.41, 5.74) is 4.74. The van der Waals surface area contributed by atoms with Crippen LogP contribution in [-0.2, 0) is 0 Å². The molecule has 3 aromatic rings. The van der Waals surface area contributed by atoms with E-state index in [9.17, 15) is 0 Å². The van der Waals surface area contributed by atoms with Crippen molar-refractivity contribution < 1.29 is 0 Å². The van der Waals surface area contributed by atoms with Crippen LogP contribution in [0.25, 0.3) is 22.0 Å². The molecule has 1 aromatic heterocycles. The molecule has 24 heavy (non-hydrogen) atoms. The van der Waals surface area contributed by atoms with Gasteiger partial charge >= 0.3 is 0 Å². The van der Waals surface area contributed by atoms with Crippen molar-refractivity contribution in [2.24, 2.45) is 0 Å². The molecular formula is C21H21ClN2. The van der Waals surface area contributed by atoms with E-state index in [1.807, 2.05) is 18.2 Å². The molecule has 122 valence electrons. The molecule has 0 spiro atoms. The van der Waals surface area contributed by atoms with Crippen molar-refractivity contribution in [2.75, 3.05) is 18.0 Å². The smallest absolute Gasteiger partial charge is 0.132 e. The topological polar surface area (TPSA) is 16.1 Å². The lowest BCUT2D eigenvalue weighted by Crippen LogP contribution is -2.31. The quantitative estimate of drug-likeness (QED) is 0.583. The molecule has 1 aliphatic heterocycles. The summed E-state index contributed by atoms with van der Waals surface area (Å²) >= 11 is 6.28. The predicted octanol–water partition coefficient (Wildman–Crippen LogP) is 5.85. The fourth-order valence-electron chi connectivity index (χ4n) is 3.71. The largest absolute Gasteiger partial charge is 0.356 e. The van der Waals surface area contributed by atoms with Crippen molar-refractivity contribution in [3.63, 3.8) is 0 Å². The second-order valence-corrected chi connectivity index (χ2v) is 6.95. The lowest BCUT2D eigenvalue weighted by Gasteiger charge is -2.30. The van der Waals surface area contributed by atoms with Gasteiger partial charge in [0.2, 0.25) is 0 Å². The summed E-state index contributed by atoms with van der Waals surface area (Å²) < 4.78 is 0. The molecule has 2 nitrogen and oxygen atoms in total. The fourth-order valence-corrected chi connectivity index (χ4v) is 3.88. The number of hydrogen-bond donors (Lipinski definition) is 0. The summed E-state index contributed by atoms with van der Waals surface area (Å²) in [4.78, 5) is 7.44. The molecule has 1 aliphatic rings. The van der Waals surface area contributed by atoms with Gasteiger partial charge < -0.3 is 4.90 Å². The Morgan fingerprint density at radius 2 is 1.71 bits per heavy atom. The fraction of sp³-hybridized carbons (Fsp3) is 0.286. The van der Waals surface area contributed by atoms with Crippen LogP contribution >= 0.6 is 11.6 Å². The molecule has 2 heterocycles. The number of aromatic nitrogens is 1. The van der Waals surface area contributed by atoms with E-state index >= 15 is 0 Å². The molecule has 0 radical (unpaired) electrons. The summed E-state index contributed by atoms with van der Waals surface area (Å²) in [6, 6.07) is 16.6. The first kappa shape index (κ1) is 15.5. The number of halogens is 1. The zero-order valence-electron chi connectivity index (χ0n) is 13.9. The van der Waals surface area contributed by atoms with Crippen molar-refractivity contribution in [1.29, 1.82) is 0 Å². The Labute approximate surface area is 148 Å². The van der Waals surface area contributed by atoms with Crippen molar-refractivity contribution >= 4 is 28.3 Å². The minimum absolute atomic E-state index is 0.756. The maximum Gasteiger partial charge on any atom is 0.132 e.